The Balaban J connectivity index is 1.84. The van der Waals surface area contributed by atoms with Gasteiger partial charge in [-0.05, 0) is 49.6 Å². The Kier molecular flexibility index (Phi) is 4.34. The van der Waals surface area contributed by atoms with E-state index in [-0.39, 0.29) is 0 Å². The third kappa shape index (κ3) is 3.43. The molecule has 0 saturated heterocycles. The summed E-state index contributed by atoms with van der Waals surface area (Å²) in [7, 11) is 0. The van der Waals surface area contributed by atoms with Crippen LogP contribution in [0.25, 0.3) is 11.5 Å². The number of pyridine rings is 1. The summed E-state index contributed by atoms with van der Waals surface area (Å²) in [6, 6.07) is 15.4. The molecule has 3 rings (SSSR count). The van der Waals surface area contributed by atoms with Crippen molar-refractivity contribution in [2.24, 2.45) is 0 Å². The lowest BCUT2D eigenvalue weighted by atomic mass is 10.3. The molecule has 3 aromatic rings. The van der Waals surface area contributed by atoms with E-state index in [2.05, 4.69) is 15.0 Å². The van der Waals surface area contributed by atoms with Gasteiger partial charge in [0.15, 0.2) is 5.82 Å². The first kappa shape index (κ1) is 14.5. The Hall–Kier alpha value is -2.40. The average molecular weight is 309 g/mol. The summed E-state index contributed by atoms with van der Waals surface area (Å²) in [5.74, 6) is 1.88. The Bertz CT molecular complexity index is 775. The summed E-state index contributed by atoms with van der Waals surface area (Å²) in [5.41, 5.74) is 1.60. The van der Waals surface area contributed by atoms with Crippen molar-refractivity contribution < 1.29 is 4.74 Å². The van der Waals surface area contributed by atoms with Crippen LogP contribution in [0.3, 0.4) is 0 Å². The number of thioether (sulfide) groups is 1. The molecule has 0 atom stereocenters. The molecule has 0 radical (unpaired) electrons. The van der Waals surface area contributed by atoms with E-state index in [1.165, 1.54) is 4.90 Å². The molecule has 0 saturated carbocycles. The van der Waals surface area contributed by atoms with E-state index < -0.39 is 0 Å². The summed E-state index contributed by atoms with van der Waals surface area (Å²) < 4.78 is 5.79. The fourth-order valence-electron chi connectivity index (χ4n) is 1.93. The van der Waals surface area contributed by atoms with Crippen LogP contribution in [0.15, 0.2) is 59.6 Å². The van der Waals surface area contributed by atoms with Crippen LogP contribution < -0.4 is 4.74 Å². The van der Waals surface area contributed by atoms with Crippen molar-refractivity contribution in [3.63, 3.8) is 0 Å². The fourth-order valence-corrected chi connectivity index (χ4v) is 2.34. The molecule has 0 spiro atoms. The highest BCUT2D eigenvalue weighted by Crippen LogP contribution is 2.24. The molecule has 0 aliphatic rings. The summed E-state index contributed by atoms with van der Waals surface area (Å²) in [6.07, 6.45) is 3.77. The number of aromatic nitrogens is 3. The molecular weight excluding hydrogens is 294 g/mol. The average Bonchev–Trinajstić information content (AvgIpc) is 2.56. The number of benzene rings is 1. The molecule has 22 heavy (non-hydrogen) atoms. The second kappa shape index (κ2) is 6.58. The summed E-state index contributed by atoms with van der Waals surface area (Å²) in [6.45, 7) is 1.93. The highest BCUT2D eigenvalue weighted by molar-refractivity contribution is 7.98. The van der Waals surface area contributed by atoms with Crippen LogP contribution in [0.5, 0.6) is 11.6 Å². The minimum atomic E-state index is 0.527. The number of nitrogens with zero attached hydrogens (tertiary/aromatic N) is 3. The van der Waals surface area contributed by atoms with Gasteiger partial charge < -0.3 is 4.74 Å². The van der Waals surface area contributed by atoms with Crippen molar-refractivity contribution in [3.05, 3.63) is 60.4 Å². The van der Waals surface area contributed by atoms with Gasteiger partial charge in [-0.3, -0.25) is 0 Å². The maximum Gasteiger partial charge on any atom is 0.219 e. The zero-order valence-corrected chi connectivity index (χ0v) is 13.2. The van der Waals surface area contributed by atoms with E-state index in [4.69, 9.17) is 4.74 Å². The van der Waals surface area contributed by atoms with E-state index in [1.807, 2.05) is 61.7 Å². The molecule has 0 amide bonds. The molecule has 4 nitrogen and oxygen atoms in total. The fraction of sp³-hybridized carbons (Fsp3) is 0.118. The quantitative estimate of drug-likeness (QED) is 0.670. The highest BCUT2D eigenvalue weighted by Gasteiger charge is 2.06. The van der Waals surface area contributed by atoms with Crippen molar-refractivity contribution in [2.45, 2.75) is 11.8 Å². The largest absolute Gasteiger partial charge is 0.439 e. The van der Waals surface area contributed by atoms with Crippen molar-refractivity contribution in [1.29, 1.82) is 0 Å². The first-order valence-electron chi connectivity index (χ1n) is 6.83. The monoisotopic (exact) mass is 309 g/mol. The number of hydrogen-bond acceptors (Lipinski definition) is 5. The van der Waals surface area contributed by atoms with Gasteiger partial charge in [0.25, 0.3) is 0 Å². The van der Waals surface area contributed by atoms with Gasteiger partial charge in [0.1, 0.15) is 11.4 Å². The van der Waals surface area contributed by atoms with E-state index in [0.717, 1.165) is 11.4 Å². The molecule has 0 aliphatic heterocycles. The zero-order valence-electron chi connectivity index (χ0n) is 12.4. The standard InChI is InChI=1S/C17H15N3OS/c1-12-10-11-18-17(19-12)15-4-3-5-16(20-15)21-13-6-8-14(22-2)9-7-13/h3-11H,1-2H3. The van der Waals surface area contributed by atoms with Crippen LogP contribution >= 0.6 is 11.8 Å². The molecule has 2 heterocycles. The van der Waals surface area contributed by atoms with Crippen molar-refractivity contribution >= 4 is 11.8 Å². The van der Waals surface area contributed by atoms with Gasteiger partial charge in [0, 0.05) is 22.9 Å². The summed E-state index contributed by atoms with van der Waals surface area (Å²) in [4.78, 5) is 14.3. The third-order valence-corrected chi connectivity index (χ3v) is 3.77. The van der Waals surface area contributed by atoms with Crippen molar-refractivity contribution in [2.75, 3.05) is 6.26 Å². The lowest BCUT2D eigenvalue weighted by Crippen LogP contribution is -1.95. The first-order chi connectivity index (χ1) is 10.7. The Morgan fingerprint density at radius 3 is 2.50 bits per heavy atom. The van der Waals surface area contributed by atoms with Crippen LogP contribution in [0, 0.1) is 6.92 Å². The van der Waals surface area contributed by atoms with Crippen molar-refractivity contribution in [1.82, 2.24) is 15.0 Å². The van der Waals surface area contributed by atoms with Crippen LogP contribution in [0.2, 0.25) is 0 Å². The smallest absolute Gasteiger partial charge is 0.219 e. The summed E-state index contributed by atoms with van der Waals surface area (Å²) >= 11 is 1.70. The van der Waals surface area contributed by atoms with E-state index >= 15 is 0 Å². The van der Waals surface area contributed by atoms with Crippen LogP contribution in [0.4, 0.5) is 0 Å². The molecule has 0 fully saturated rings. The molecular formula is C17H15N3OS. The van der Waals surface area contributed by atoms with E-state index in [9.17, 15) is 0 Å². The van der Waals surface area contributed by atoms with Gasteiger partial charge in [-0.15, -0.1) is 11.8 Å². The van der Waals surface area contributed by atoms with Gasteiger partial charge in [0.05, 0.1) is 0 Å². The number of hydrogen-bond donors (Lipinski definition) is 0. The molecule has 1 aromatic carbocycles. The lowest BCUT2D eigenvalue weighted by Gasteiger charge is -2.07. The Morgan fingerprint density at radius 1 is 0.955 bits per heavy atom. The van der Waals surface area contributed by atoms with Crippen molar-refractivity contribution in [3.8, 4) is 23.1 Å². The maximum absolute atomic E-state index is 5.79. The molecule has 110 valence electrons. The Morgan fingerprint density at radius 2 is 1.77 bits per heavy atom. The van der Waals surface area contributed by atoms with Gasteiger partial charge in [-0.1, -0.05) is 6.07 Å². The van der Waals surface area contributed by atoms with E-state index in [0.29, 0.717) is 17.4 Å². The molecule has 0 unspecified atom stereocenters. The predicted molar refractivity (Wildman–Crippen MR) is 88.3 cm³/mol. The van der Waals surface area contributed by atoms with Crippen LogP contribution in [-0.2, 0) is 0 Å². The van der Waals surface area contributed by atoms with E-state index in [1.54, 1.807) is 18.0 Å². The molecule has 2 aromatic heterocycles. The number of aryl methyl sites for hydroxylation is 1. The second-order valence-electron chi connectivity index (χ2n) is 4.66. The van der Waals surface area contributed by atoms with Crippen LogP contribution in [-0.4, -0.2) is 21.2 Å². The minimum absolute atomic E-state index is 0.527. The molecule has 0 N–H and O–H groups in total. The molecule has 0 aliphatic carbocycles. The third-order valence-electron chi connectivity index (χ3n) is 3.03. The predicted octanol–water partition coefficient (Wildman–Crippen LogP) is 4.36. The normalized spacial score (nSPS) is 10.5. The maximum atomic E-state index is 5.79. The Labute approximate surface area is 133 Å². The minimum Gasteiger partial charge on any atom is -0.439 e. The SMILES string of the molecule is CSc1ccc(Oc2cccc(-c3nccc(C)n3)n2)cc1. The lowest BCUT2D eigenvalue weighted by molar-refractivity contribution is 0.463. The first-order valence-corrected chi connectivity index (χ1v) is 8.06. The number of ether oxygens (including phenoxy) is 1. The summed E-state index contributed by atoms with van der Waals surface area (Å²) in [5, 5.41) is 0. The highest BCUT2D eigenvalue weighted by atomic mass is 32.2. The number of rotatable bonds is 4. The van der Waals surface area contributed by atoms with Crippen LogP contribution in [0.1, 0.15) is 5.69 Å². The molecule has 0 bridgehead atoms. The van der Waals surface area contributed by atoms with Gasteiger partial charge >= 0.3 is 0 Å². The second-order valence-corrected chi connectivity index (χ2v) is 5.54. The van der Waals surface area contributed by atoms with Gasteiger partial charge in [0.2, 0.25) is 5.88 Å². The zero-order chi connectivity index (χ0) is 15.4. The van der Waals surface area contributed by atoms with Gasteiger partial charge in [-0.2, -0.15) is 0 Å². The molecule has 5 heteroatoms. The topological polar surface area (TPSA) is 47.9 Å². The van der Waals surface area contributed by atoms with Gasteiger partial charge in [-0.25, -0.2) is 15.0 Å².